The van der Waals surface area contributed by atoms with E-state index in [2.05, 4.69) is 11.8 Å². The summed E-state index contributed by atoms with van der Waals surface area (Å²) in [6.45, 7) is 4.14. The third kappa shape index (κ3) is 1.15. The molecule has 0 fully saturated rings. The second-order valence-corrected chi connectivity index (χ2v) is 2.87. The maximum Gasteiger partial charge on any atom is 0.186 e. The molecule has 0 aromatic rings. The number of hydrogen-bond acceptors (Lipinski definition) is 2. The van der Waals surface area contributed by atoms with Crippen molar-refractivity contribution >= 4 is 0 Å². The molecule has 1 aliphatic rings. The van der Waals surface area contributed by atoms with Gasteiger partial charge in [0.05, 0.1) is 12.7 Å². The fourth-order valence-corrected chi connectivity index (χ4v) is 1.19. The largest absolute Gasteiger partial charge is 0.347 e. The first-order valence-electron chi connectivity index (χ1n) is 3.59. The van der Waals surface area contributed by atoms with Gasteiger partial charge in [-0.25, -0.2) is 0 Å². The average molecular weight is 143 g/mol. The van der Waals surface area contributed by atoms with Crippen LogP contribution in [0, 0.1) is 0 Å². The lowest BCUT2D eigenvalue weighted by Crippen LogP contribution is -2.44. The van der Waals surface area contributed by atoms with E-state index in [1.54, 1.807) is 0 Å². The van der Waals surface area contributed by atoms with Crippen molar-refractivity contribution in [2.45, 2.75) is 6.92 Å². The summed E-state index contributed by atoms with van der Waals surface area (Å²) >= 11 is 0. The third-order valence-corrected chi connectivity index (χ3v) is 2.05. The maximum atomic E-state index is 9.03. The Labute approximate surface area is 61.8 Å². The van der Waals surface area contributed by atoms with Crippen LogP contribution in [0.2, 0.25) is 0 Å². The normalized spacial score (nSPS) is 31.7. The minimum atomic E-state index is 0.206. The Kier molecular flexibility index (Phi) is 1.97. The molecule has 58 valence electrons. The number of aliphatic hydroxyl groups is 1. The highest BCUT2D eigenvalue weighted by Crippen LogP contribution is 2.14. The molecule has 1 atom stereocenters. The van der Waals surface area contributed by atoms with Crippen molar-refractivity contribution in [1.82, 2.24) is 4.90 Å². The van der Waals surface area contributed by atoms with Crippen LogP contribution in [-0.4, -0.2) is 41.5 Å². The van der Waals surface area contributed by atoms with Crippen LogP contribution in [0.3, 0.4) is 0 Å². The van der Waals surface area contributed by atoms with E-state index in [1.165, 1.54) is 0 Å². The first-order chi connectivity index (χ1) is 4.72. The summed E-state index contributed by atoms with van der Waals surface area (Å²) in [4.78, 5) is 2.08. The van der Waals surface area contributed by atoms with E-state index < -0.39 is 0 Å². The lowest BCUT2D eigenvalue weighted by atomic mass is 10.5. The van der Waals surface area contributed by atoms with Crippen molar-refractivity contribution in [2.24, 2.45) is 0 Å². The van der Waals surface area contributed by atoms with Gasteiger partial charge in [0.25, 0.3) is 0 Å². The van der Waals surface area contributed by atoms with Crippen LogP contribution >= 0.6 is 0 Å². The Bertz CT molecular complexity index is 141. The van der Waals surface area contributed by atoms with E-state index in [1.807, 2.05) is 19.4 Å². The van der Waals surface area contributed by atoms with Crippen LogP contribution < -0.4 is 0 Å². The molecule has 3 nitrogen and oxygen atoms in total. The van der Waals surface area contributed by atoms with Crippen molar-refractivity contribution in [2.75, 3.05) is 27.0 Å². The predicted octanol–water partition coefficient (Wildman–Crippen LogP) is 0.147. The molecule has 0 spiro atoms. The first kappa shape index (κ1) is 7.57. The molecule has 0 saturated carbocycles. The van der Waals surface area contributed by atoms with Gasteiger partial charge in [-0.1, -0.05) is 0 Å². The second-order valence-electron chi connectivity index (χ2n) is 2.87. The molecule has 1 rings (SSSR count). The van der Waals surface area contributed by atoms with Gasteiger partial charge in [-0.15, -0.1) is 0 Å². The highest BCUT2D eigenvalue weighted by molar-refractivity contribution is 4.78. The summed E-state index contributed by atoms with van der Waals surface area (Å²) in [7, 11) is 2.02. The van der Waals surface area contributed by atoms with Crippen LogP contribution in [0.5, 0.6) is 0 Å². The molecule has 0 radical (unpaired) electrons. The minimum Gasteiger partial charge on any atom is -0.347 e. The van der Waals surface area contributed by atoms with Crippen LogP contribution in [0.4, 0.5) is 0 Å². The topological polar surface area (TPSA) is 23.5 Å². The predicted molar refractivity (Wildman–Crippen MR) is 39.7 cm³/mol. The molecule has 0 saturated heterocycles. The molecule has 0 aromatic carbocycles. The zero-order chi connectivity index (χ0) is 7.61. The molecule has 0 aliphatic carbocycles. The molecule has 0 amide bonds. The number of aliphatic hydroxyl groups excluding tert-OH is 1. The SMILES string of the molecule is CC[N+]1(CO)C=CN(C)C1. The van der Waals surface area contributed by atoms with E-state index in [-0.39, 0.29) is 6.73 Å². The van der Waals surface area contributed by atoms with Gasteiger partial charge in [0.15, 0.2) is 13.4 Å². The summed E-state index contributed by atoms with van der Waals surface area (Å²) in [5, 5.41) is 9.03. The fourth-order valence-electron chi connectivity index (χ4n) is 1.19. The molecule has 0 aromatic heterocycles. The van der Waals surface area contributed by atoms with Gasteiger partial charge >= 0.3 is 0 Å². The van der Waals surface area contributed by atoms with Gasteiger partial charge < -0.3 is 10.0 Å². The molecular formula is C7H15N2O+. The van der Waals surface area contributed by atoms with Crippen LogP contribution in [0.15, 0.2) is 12.4 Å². The molecule has 3 heteroatoms. The molecule has 1 heterocycles. The molecule has 1 aliphatic heterocycles. The molecule has 0 bridgehead atoms. The van der Waals surface area contributed by atoms with Crippen LogP contribution in [0.1, 0.15) is 6.92 Å². The van der Waals surface area contributed by atoms with Crippen molar-refractivity contribution in [3.8, 4) is 0 Å². The van der Waals surface area contributed by atoms with Gasteiger partial charge in [0, 0.05) is 7.05 Å². The highest BCUT2D eigenvalue weighted by Gasteiger charge is 2.27. The van der Waals surface area contributed by atoms with Gasteiger partial charge in [-0.3, -0.25) is 4.48 Å². The highest BCUT2D eigenvalue weighted by atomic mass is 16.3. The standard InChI is InChI=1S/C7H15N2O/c1-3-9(7-10)5-4-8(2)6-9/h4-5,10H,3,6-7H2,1-2H3/q+1. The summed E-state index contributed by atoms with van der Waals surface area (Å²) < 4.78 is 0.677. The van der Waals surface area contributed by atoms with Gasteiger partial charge in [-0.05, 0) is 6.92 Å². The molecule has 1 unspecified atom stereocenters. The second kappa shape index (κ2) is 2.60. The molecule has 1 N–H and O–H groups in total. The van der Waals surface area contributed by atoms with E-state index in [9.17, 15) is 0 Å². The van der Waals surface area contributed by atoms with E-state index >= 15 is 0 Å². The van der Waals surface area contributed by atoms with Crippen LogP contribution in [-0.2, 0) is 0 Å². The van der Waals surface area contributed by atoms with Gasteiger partial charge in [-0.2, -0.15) is 0 Å². The molecule has 10 heavy (non-hydrogen) atoms. The van der Waals surface area contributed by atoms with E-state index in [0.717, 1.165) is 13.2 Å². The Morgan fingerprint density at radius 2 is 2.40 bits per heavy atom. The minimum absolute atomic E-state index is 0.206. The average Bonchev–Trinajstić information content (AvgIpc) is 2.33. The Balaban J connectivity index is 2.61. The zero-order valence-electron chi connectivity index (χ0n) is 6.62. The summed E-state index contributed by atoms with van der Waals surface area (Å²) in [6, 6.07) is 0. The number of nitrogens with zero attached hydrogens (tertiary/aromatic N) is 2. The smallest absolute Gasteiger partial charge is 0.186 e. The maximum absolute atomic E-state index is 9.03. The third-order valence-electron chi connectivity index (χ3n) is 2.05. The lowest BCUT2D eigenvalue weighted by Gasteiger charge is -2.28. The number of quaternary nitrogens is 1. The Morgan fingerprint density at radius 1 is 1.70 bits per heavy atom. The van der Waals surface area contributed by atoms with E-state index in [4.69, 9.17) is 5.11 Å². The zero-order valence-corrected chi connectivity index (χ0v) is 6.62. The number of hydrogen-bond donors (Lipinski definition) is 1. The number of rotatable bonds is 2. The monoisotopic (exact) mass is 143 g/mol. The van der Waals surface area contributed by atoms with Crippen LogP contribution in [0.25, 0.3) is 0 Å². The summed E-state index contributed by atoms with van der Waals surface area (Å²) in [5.41, 5.74) is 0. The lowest BCUT2D eigenvalue weighted by molar-refractivity contribution is -0.897. The fraction of sp³-hybridized carbons (Fsp3) is 0.714. The first-order valence-corrected chi connectivity index (χ1v) is 3.59. The van der Waals surface area contributed by atoms with Crippen molar-refractivity contribution < 1.29 is 9.59 Å². The van der Waals surface area contributed by atoms with Crippen molar-refractivity contribution in [3.63, 3.8) is 0 Å². The van der Waals surface area contributed by atoms with E-state index in [0.29, 0.717) is 4.48 Å². The van der Waals surface area contributed by atoms with Crippen molar-refractivity contribution in [1.29, 1.82) is 0 Å². The summed E-state index contributed by atoms with van der Waals surface area (Å²) in [5.74, 6) is 0. The Morgan fingerprint density at radius 3 is 2.60 bits per heavy atom. The quantitative estimate of drug-likeness (QED) is 0.556. The molecular weight excluding hydrogens is 128 g/mol. The van der Waals surface area contributed by atoms with Gasteiger partial charge in [0.1, 0.15) is 6.20 Å². The Hall–Kier alpha value is -0.540. The van der Waals surface area contributed by atoms with Gasteiger partial charge in [0.2, 0.25) is 0 Å². The summed E-state index contributed by atoms with van der Waals surface area (Å²) in [6.07, 6.45) is 4.06. The van der Waals surface area contributed by atoms with Crippen molar-refractivity contribution in [3.05, 3.63) is 12.4 Å².